The number of benzene rings is 1. The molecular weight excluding hydrogens is 370 g/mol. The Morgan fingerprint density at radius 2 is 2.14 bits per heavy atom. The van der Waals surface area contributed by atoms with Crippen molar-refractivity contribution in [2.45, 2.75) is 58.0 Å². The maximum absolute atomic E-state index is 12.8. The molecule has 1 aromatic carbocycles. The van der Waals surface area contributed by atoms with Gasteiger partial charge in [-0.1, -0.05) is 19.8 Å². The Morgan fingerprint density at radius 1 is 1.31 bits per heavy atom. The largest absolute Gasteiger partial charge is 0.483 e. The first-order valence-electron chi connectivity index (χ1n) is 10.6. The number of hydrogen-bond donors (Lipinski definition) is 1. The molecule has 2 heterocycles. The zero-order chi connectivity index (χ0) is 20.6. The minimum Gasteiger partial charge on any atom is -0.483 e. The molecule has 0 spiro atoms. The summed E-state index contributed by atoms with van der Waals surface area (Å²) in [4.78, 5) is 26.5. The van der Waals surface area contributed by atoms with Crippen LogP contribution in [0, 0.1) is 12.8 Å². The predicted octanol–water partition coefficient (Wildman–Crippen LogP) is 3.20. The molecule has 6 nitrogen and oxygen atoms in total. The predicted molar refractivity (Wildman–Crippen MR) is 110 cm³/mol. The Bertz CT molecular complexity index is 981. The van der Waals surface area contributed by atoms with Gasteiger partial charge in [0.1, 0.15) is 11.3 Å². The van der Waals surface area contributed by atoms with Crippen molar-refractivity contribution in [2.75, 3.05) is 19.7 Å². The van der Waals surface area contributed by atoms with Crippen LogP contribution in [-0.2, 0) is 11.2 Å². The molecule has 1 aliphatic carbocycles. The second kappa shape index (κ2) is 7.82. The number of likely N-dealkylation sites (tertiary alicyclic amines) is 1. The Balaban J connectivity index is 1.51. The lowest BCUT2D eigenvalue weighted by molar-refractivity contribution is -0.145. The first-order chi connectivity index (χ1) is 13.9. The molecule has 1 N–H and O–H groups in total. The van der Waals surface area contributed by atoms with Gasteiger partial charge in [0.05, 0.1) is 11.0 Å². The Labute approximate surface area is 170 Å². The van der Waals surface area contributed by atoms with Gasteiger partial charge >= 0.3 is 5.63 Å². The van der Waals surface area contributed by atoms with Gasteiger partial charge in [0, 0.05) is 25.1 Å². The van der Waals surface area contributed by atoms with Crippen molar-refractivity contribution in [1.82, 2.24) is 4.90 Å². The van der Waals surface area contributed by atoms with Crippen LogP contribution in [0.5, 0.6) is 5.75 Å². The molecule has 2 unspecified atom stereocenters. The summed E-state index contributed by atoms with van der Waals surface area (Å²) in [6.07, 6.45) is 5.31. The molecule has 0 bridgehead atoms. The van der Waals surface area contributed by atoms with E-state index in [4.69, 9.17) is 9.15 Å². The van der Waals surface area contributed by atoms with E-state index in [2.05, 4.69) is 0 Å². The lowest BCUT2D eigenvalue weighted by atomic mass is 9.71. The fraction of sp³-hybridized carbons (Fsp3) is 0.565. The van der Waals surface area contributed by atoms with E-state index >= 15 is 0 Å². The summed E-state index contributed by atoms with van der Waals surface area (Å²) in [6, 6.07) is 5.19. The first kappa shape index (κ1) is 20.0. The Kier molecular flexibility index (Phi) is 5.38. The van der Waals surface area contributed by atoms with E-state index in [-0.39, 0.29) is 24.1 Å². The zero-order valence-corrected chi connectivity index (χ0v) is 17.2. The number of aliphatic hydroxyl groups is 1. The van der Waals surface area contributed by atoms with E-state index < -0.39 is 5.60 Å². The van der Waals surface area contributed by atoms with Gasteiger partial charge in [0.25, 0.3) is 5.91 Å². The molecule has 2 aromatic rings. The molecule has 0 radical (unpaired) electrons. The number of carbonyl (C=O) groups excluding carboxylic acids is 1. The quantitative estimate of drug-likeness (QED) is 0.799. The van der Waals surface area contributed by atoms with Crippen LogP contribution >= 0.6 is 0 Å². The molecular formula is C23H29NO5. The molecule has 1 aromatic heterocycles. The number of piperidine rings is 1. The molecule has 2 fully saturated rings. The third kappa shape index (κ3) is 3.90. The van der Waals surface area contributed by atoms with Crippen molar-refractivity contribution >= 4 is 16.9 Å². The lowest BCUT2D eigenvalue weighted by Crippen LogP contribution is -2.55. The minimum atomic E-state index is -0.601. The summed E-state index contributed by atoms with van der Waals surface area (Å²) < 4.78 is 11.3. The van der Waals surface area contributed by atoms with E-state index in [1.165, 1.54) is 6.07 Å². The molecule has 156 valence electrons. The van der Waals surface area contributed by atoms with E-state index in [1.54, 1.807) is 0 Å². The maximum Gasteiger partial charge on any atom is 0.336 e. The summed E-state index contributed by atoms with van der Waals surface area (Å²) in [6.45, 7) is 4.98. The number of aryl methyl sites for hydroxylation is 2. The molecule has 1 saturated heterocycles. The van der Waals surface area contributed by atoms with Crippen LogP contribution in [0.3, 0.4) is 0 Å². The number of rotatable bonds is 4. The van der Waals surface area contributed by atoms with E-state index in [9.17, 15) is 14.7 Å². The SMILES string of the molecule is CCc1cc(=O)oc2cc(C)cc(OCC(=O)N3CCC4(O)CCCCC4C3)c12. The summed E-state index contributed by atoms with van der Waals surface area (Å²) >= 11 is 0. The van der Waals surface area contributed by atoms with Crippen LogP contribution in [0.1, 0.15) is 50.2 Å². The highest BCUT2D eigenvalue weighted by Gasteiger charge is 2.43. The monoisotopic (exact) mass is 399 g/mol. The van der Waals surface area contributed by atoms with Gasteiger partial charge in [-0.25, -0.2) is 4.79 Å². The molecule has 2 atom stereocenters. The molecule has 1 amide bonds. The summed E-state index contributed by atoms with van der Waals surface area (Å²) in [5.74, 6) is 0.664. The van der Waals surface area contributed by atoms with Crippen molar-refractivity contribution in [3.05, 3.63) is 39.7 Å². The molecule has 29 heavy (non-hydrogen) atoms. The van der Waals surface area contributed by atoms with E-state index in [0.29, 0.717) is 37.3 Å². The number of hydrogen-bond acceptors (Lipinski definition) is 5. The third-order valence-electron chi connectivity index (χ3n) is 6.55. The van der Waals surface area contributed by atoms with Gasteiger partial charge in [0.15, 0.2) is 6.61 Å². The lowest BCUT2D eigenvalue weighted by Gasteiger charge is -2.47. The maximum atomic E-state index is 12.8. The highest BCUT2D eigenvalue weighted by atomic mass is 16.5. The van der Waals surface area contributed by atoms with E-state index in [0.717, 1.165) is 42.2 Å². The molecule has 6 heteroatoms. The van der Waals surface area contributed by atoms with Crippen LogP contribution in [0.25, 0.3) is 11.0 Å². The van der Waals surface area contributed by atoms with Crippen LogP contribution in [-0.4, -0.2) is 41.2 Å². The van der Waals surface area contributed by atoms with Crippen LogP contribution in [0.4, 0.5) is 0 Å². The second-order valence-electron chi connectivity index (χ2n) is 8.51. The number of ether oxygens (including phenoxy) is 1. The molecule has 4 rings (SSSR count). The second-order valence-corrected chi connectivity index (χ2v) is 8.51. The third-order valence-corrected chi connectivity index (χ3v) is 6.55. The molecule has 1 aliphatic heterocycles. The number of nitrogens with zero attached hydrogens (tertiary/aromatic N) is 1. The van der Waals surface area contributed by atoms with Gasteiger partial charge in [-0.05, 0) is 55.9 Å². The zero-order valence-electron chi connectivity index (χ0n) is 17.2. The standard InChI is InChI=1S/C23H29NO5/c1-3-16-12-21(26)29-19-11-15(2)10-18(22(16)19)28-14-20(25)24-9-8-23(27)7-5-4-6-17(23)13-24/h10-12,17,27H,3-9,13-14H2,1-2H3. The normalized spacial score (nSPS) is 24.4. The van der Waals surface area contributed by atoms with Crippen molar-refractivity contribution in [3.63, 3.8) is 0 Å². The summed E-state index contributed by atoms with van der Waals surface area (Å²) in [5, 5.41) is 11.6. The number of carbonyl (C=O) groups is 1. The van der Waals surface area contributed by atoms with Gasteiger partial charge in [-0.3, -0.25) is 4.79 Å². The van der Waals surface area contributed by atoms with Crippen LogP contribution in [0.2, 0.25) is 0 Å². The minimum absolute atomic E-state index is 0.0635. The highest BCUT2D eigenvalue weighted by molar-refractivity contribution is 5.88. The molecule has 1 saturated carbocycles. The van der Waals surface area contributed by atoms with Crippen molar-refractivity contribution in [1.29, 1.82) is 0 Å². The Morgan fingerprint density at radius 3 is 2.93 bits per heavy atom. The summed E-state index contributed by atoms with van der Waals surface area (Å²) in [7, 11) is 0. The van der Waals surface area contributed by atoms with Crippen LogP contribution in [0.15, 0.2) is 27.4 Å². The molecule has 2 aliphatic rings. The Hall–Kier alpha value is -2.34. The summed E-state index contributed by atoms with van der Waals surface area (Å²) in [5.41, 5.74) is 1.26. The number of amides is 1. The fourth-order valence-electron chi connectivity index (χ4n) is 4.89. The highest BCUT2D eigenvalue weighted by Crippen LogP contribution is 2.39. The van der Waals surface area contributed by atoms with Gasteiger partial charge in [-0.2, -0.15) is 0 Å². The van der Waals surface area contributed by atoms with E-state index in [1.807, 2.05) is 30.9 Å². The average Bonchev–Trinajstić information content (AvgIpc) is 2.69. The van der Waals surface area contributed by atoms with Crippen molar-refractivity contribution < 1.29 is 19.1 Å². The van der Waals surface area contributed by atoms with Crippen LogP contribution < -0.4 is 10.4 Å². The van der Waals surface area contributed by atoms with Gasteiger partial charge < -0.3 is 19.2 Å². The fourth-order valence-corrected chi connectivity index (χ4v) is 4.89. The first-order valence-corrected chi connectivity index (χ1v) is 10.6. The van der Waals surface area contributed by atoms with Gasteiger partial charge in [0.2, 0.25) is 0 Å². The average molecular weight is 399 g/mol. The van der Waals surface area contributed by atoms with Gasteiger partial charge in [-0.15, -0.1) is 0 Å². The van der Waals surface area contributed by atoms with Crippen molar-refractivity contribution in [2.24, 2.45) is 5.92 Å². The number of fused-ring (bicyclic) bond motifs is 2. The topological polar surface area (TPSA) is 80.0 Å². The van der Waals surface area contributed by atoms with Crippen molar-refractivity contribution in [3.8, 4) is 5.75 Å². The smallest absolute Gasteiger partial charge is 0.336 e.